The van der Waals surface area contributed by atoms with Crippen LogP contribution in [0.25, 0.3) is 10.9 Å². The van der Waals surface area contributed by atoms with E-state index in [1.165, 1.54) is 5.39 Å². The van der Waals surface area contributed by atoms with Crippen molar-refractivity contribution < 1.29 is 4.74 Å². The fourth-order valence-corrected chi connectivity index (χ4v) is 2.18. The number of fused-ring (bicyclic) bond motifs is 1. The number of para-hydroxylation sites is 2. The highest BCUT2D eigenvalue weighted by molar-refractivity contribution is 5.78. The Kier molecular flexibility index (Phi) is 4.44. The van der Waals surface area contributed by atoms with E-state index in [1.54, 1.807) is 0 Å². The van der Waals surface area contributed by atoms with Crippen LogP contribution in [0, 0.1) is 0 Å². The van der Waals surface area contributed by atoms with Gasteiger partial charge in [-0.1, -0.05) is 42.5 Å². The Morgan fingerprint density at radius 2 is 1.67 bits per heavy atom. The average Bonchev–Trinajstić information content (AvgIpc) is 2.55. The summed E-state index contributed by atoms with van der Waals surface area (Å²) in [6.07, 6.45) is 0. The van der Waals surface area contributed by atoms with E-state index in [1.807, 2.05) is 48.5 Å². The summed E-state index contributed by atoms with van der Waals surface area (Å²) in [6.45, 7) is 2.20. The van der Waals surface area contributed by atoms with Crippen LogP contribution in [0.1, 0.15) is 5.69 Å². The lowest BCUT2D eigenvalue weighted by atomic mass is 10.2. The maximum Gasteiger partial charge on any atom is 0.119 e. The SMILES string of the molecule is c1ccc(OCCNCc2ccc3ccccc3n2)cc1. The molecule has 0 fully saturated rings. The van der Waals surface area contributed by atoms with Gasteiger partial charge in [-0.05, 0) is 24.3 Å². The van der Waals surface area contributed by atoms with Gasteiger partial charge in [0.15, 0.2) is 0 Å². The molecule has 0 spiro atoms. The van der Waals surface area contributed by atoms with Crippen LogP contribution >= 0.6 is 0 Å². The van der Waals surface area contributed by atoms with Crippen LogP contribution in [0.3, 0.4) is 0 Å². The zero-order chi connectivity index (χ0) is 14.3. The van der Waals surface area contributed by atoms with Gasteiger partial charge >= 0.3 is 0 Å². The van der Waals surface area contributed by atoms with E-state index in [-0.39, 0.29) is 0 Å². The van der Waals surface area contributed by atoms with Gasteiger partial charge in [0, 0.05) is 18.5 Å². The molecular weight excluding hydrogens is 260 g/mol. The van der Waals surface area contributed by atoms with E-state index in [0.29, 0.717) is 6.61 Å². The monoisotopic (exact) mass is 278 g/mol. The molecule has 3 rings (SSSR count). The van der Waals surface area contributed by atoms with Crippen molar-refractivity contribution in [3.05, 3.63) is 72.4 Å². The summed E-state index contributed by atoms with van der Waals surface area (Å²) < 4.78 is 5.63. The molecule has 0 amide bonds. The number of nitrogens with one attached hydrogen (secondary N) is 1. The van der Waals surface area contributed by atoms with Crippen LogP contribution in [-0.2, 0) is 6.54 Å². The zero-order valence-electron chi connectivity index (χ0n) is 11.8. The second-order valence-electron chi connectivity index (χ2n) is 4.83. The molecule has 2 aromatic carbocycles. The molecular formula is C18H18N2O. The molecule has 0 atom stereocenters. The Hall–Kier alpha value is -2.39. The lowest BCUT2D eigenvalue weighted by molar-refractivity contribution is 0.313. The van der Waals surface area contributed by atoms with Crippen molar-refractivity contribution >= 4 is 10.9 Å². The van der Waals surface area contributed by atoms with Gasteiger partial charge in [-0.3, -0.25) is 4.98 Å². The highest BCUT2D eigenvalue weighted by Gasteiger charge is 1.98. The third-order valence-electron chi connectivity index (χ3n) is 3.25. The molecule has 0 aliphatic rings. The molecule has 21 heavy (non-hydrogen) atoms. The lowest BCUT2D eigenvalue weighted by Crippen LogP contribution is -2.21. The Morgan fingerprint density at radius 1 is 0.857 bits per heavy atom. The van der Waals surface area contributed by atoms with Gasteiger partial charge in [0.1, 0.15) is 12.4 Å². The van der Waals surface area contributed by atoms with Gasteiger partial charge < -0.3 is 10.1 Å². The van der Waals surface area contributed by atoms with E-state index < -0.39 is 0 Å². The molecule has 3 aromatic rings. The first-order valence-corrected chi connectivity index (χ1v) is 7.15. The Bertz CT molecular complexity index is 698. The summed E-state index contributed by atoms with van der Waals surface area (Å²) in [5, 5.41) is 4.52. The van der Waals surface area contributed by atoms with Crippen molar-refractivity contribution in [2.45, 2.75) is 6.54 Å². The number of rotatable bonds is 6. The van der Waals surface area contributed by atoms with Gasteiger partial charge in [0.05, 0.1) is 11.2 Å². The van der Waals surface area contributed by atoms with Gasteiger partial charge in [-0.15, -0.1) is 0 Å². The van der Waals surface area contributed by atoms with E-state index >= 15 is 0 Å². The van der Waals surface area contributed by atoms with Crippen molar-refractivity contribution in [3.8, 4) is 5.75 Å². The Labute approximate surface area is 124 Å². The second kappa shape index (κ2) is 6.86. The minimum atomic E-state index is 0.650. The first kappa shape index (κ1) is 13.6. The van der Waals surface area contributed by atoms with Gasteiger partial charge in [0.25, 0.3) is 0 Å². The van der Waals surface area contributed by atoms with Crippen LogP contribution in [0.4, 0.5) is 0 Å². The smallest absolute Gasteiger partial charge is 0.119 e. The molecule has 0 unspecified atom stereocenters. The Morgan fingerprint density at radius 3 is 2.57 bits per heavy atom. The fourth-order valence-electron chi connectivity index (χ4n) is 2.18. The molecule has 3 heteroatoms. The molecule has 0 saturated heterocycles. The highest BCUT2D eigenvalue weighted by atomic mass is 16.5. The quantitative estimate of drug-likeness (QED) is 0.702. The molecule has 1 aromatic heterocycles. The van der Waals surface area contributed by atoms with Crippen LogP contribution in [0.15, 0.2) is 66.7 Å². The summed E-state index contributed by atoms with van der Waals surface area (Å²) >= 11 is 0. The van der Waals surface area contributed by atoms with Crippen molar-refractivity contribution in [1.82, 2.24) is 10.3 Å². The Balaban J connectivity index is 1.46. The van der Waals surface area contributed by atoms with E-state index in [9.17, 15) is 0 Å². The number of pyridine rings is 1. The fraction of sp³-hybridized carbons (Fsp3) is 0.167. The van der Waals surface area contributed by atoms with Crippen molar-refractivity contribution in [2.75, 3.05) is 13.2 Å². The summed E-state index contributed by atoms with van der Waals surface area (Å²) in [7, 11) is 0. The number of aromatic nitrogens is 1. The molecule has 0 aliphatic carbocycles. The minimum Gasteiger partial charge on any atom is -0.492 e. The standard InChI is InChI=1S/C18H18N2O/c1-2-7-17(8-3-1)21-13-12-19-14-16-11-10-15-6-4-5-9-18(15)20-16/h1-11,19H,12-14H2. The maximum atomic E-state index is 5.63. The number of ether oxygens (including phenoxy) is 1. The average molecular weight is 278 g/mol. The van der Waals surface area contributed by atoms with Gasteiger partial charge in [0.2, 0.25) is 0 Å². The van der Waals surface area contributed by atoms with Crippen LogP contribution in [-0.4, -0.2) is 18.1 Å². The van der Waals surface area contributed by atoms with Crippen LogP contribution < -0.4 is 10.1 Å². The van der Waals surface area contributed by atoms with E-state index in [4.69, 9.17) is 4.74 Å². The van der Waals surface area contributed by atoms with Crippen LogP contribution in [0.5, 0.6) is 5.75 Å². The predicted octanol–water partition coefficient (Wildman–Crippen LogP) is 3.40. The first-order valence-electron chi connectivity index (χ1n) is 7.15. The molecule has 0 bridgehead atoms. The van der Waals surface area contributed by atoms with E-state index in [0.717, 1.165) is 30.0 Å². The van der Waals surface area contributed by atoms with Crippen LogP contribution in [0.2, 0.25) is 0 Å². The number of hydrogen-bond donors (Lipinski definition) is 1. The lowest BCUT2D eigenvalue weighted by Gasteiger charge is -2.07. The van der Waals surface area contributed by atoms with Gasteiger partial charge in [-0.2, -0.15) is 0 Å². The summed E-state index contributed by atoms with van der Waals surface area (Å²) in [5.41, 5.74) is 2.09. The molecule has 3 nitrogen and oxygen atoms in total. The van der Waals surface area contributed by atoms with Gasteiger partial charge in [-0.25, -0.2) is 0 Å². The zero-order valence-corrected chi connectivity index (χ0v) is 11.8. The maximum absolute atomic E-state index is 5.63. The summed E-state index contributed by atoms with van der Waals surface area (Å²) in [5.74, 6) is 0.906. The molecule has 0 aliphatic heterocycles. The molecule has 0 saturated carbocycles. The molecule has 0 radical (unpaired) electrons. The molecule has 106 valence electrons. The topological polar surface area (TPSA) is 34.1 Å². The normalized spacial score (nSPS) is 10.7. The molecule has 1 heterocycles. The van der Waals surface area contributed by atoms with Crippen molar-refractivity contribution in [1.29, 1.82) is 0 Å². The minimum absolute atomic E-state index is 0.650. The van der Waals surface area contributed by atoms with Crippen molar-refractivity contribution in [2.24, 2.45) is 0 Å². The third-order valence-corrected chi connectivity index (χ3v) is 3.25. The largest absolute Gasteiger partial charge is 0.492 e. The number of nitrogens with zero attached hydrogens (tertiary/aromatic N) is 1. The summed E-state index contributed by atoms with van der Waals surface area (Å²) in [4.78, 5) is 4.63. The third kappa shape index (κ3) is 3.80. The highest BCUT2D eigenvalue weighted by Crippen LogP contribution is 2.11. The number of benzene rings is 2. The molecule has 1 N–H and O–H groups in total. The van der Waals surface area contributed by atoms with Crippen molar-refractivity contribution in [3.63, 3.8) is 0 Å². The number of hydrogen-bond acceptors (Lipinski definition) is 3. The second-order valence-corrected chi connectivity index (χ2v) is 4.83. The van der Waals surface area contributed by atoms with E-state index in [2.05, 4.69) is 28.5 Å². The predicted molar refractivity (Wildman–Crippen MR) is 85.4 cm³/mol. The summed E-state index contributed by atoms with van der Waals surface area (Å²) in [6, 6.07) is 22.2. The first-order chi connectivity index (χ1) is 10.4.